The summed E-state index contributed by atoms with van der Waals surface area (Å²) >= 11 is 0. The molecule has 0 saturated carbocycles. The molecule has 5 rings (SSSR count). The topological polar surface area (TPSA) is 29.0 Å². The van der Waals surface area contributed by atoms with Gasteiger partial charge in [-0.25, -0.2) is 9.97 Å². The molecule has 0 saturated heterocycles. The summed E-state index contributed by atoms with van der Waals surface area (Å²) < 4.78 is 0. The molecule has 0 amide bonds. The Morgan fingerprint density at radius 2 is 1.28 bits per heavy atom. The van der Waals surface area contributed by atoms with Crippen molar-refractivity contribution in [3.8, 4) is 11.1 Å². The van der Waals surface area contributed by atoms with Gasteiger partial charge in [0.05, 0.1) is 22.1 Å². The van der Waals surface area contributed by atoms with Gasteiger partial charge in [-0.05, 0) is 60.7 Å². The van der Waals surface area contributed by atoms with Gasteiger partial charge in [0.2, 0.25) is 0 Å². The molecule has 0 atom stereocenters. The van der Waals surface area contributed by atoms with Crippen LogP contribution in [0.5, 0.6) is 0 Å². The molecule has 0 unspecified atom stereocenters. The summed E-state index contributed by atoms with van der Waals surface area (Å²) in [4.78, 5) is 12.2. The third-order valence-electron chi connectivity index (χ3n) is 5.66. The normalized spacial score (nSPS) is 11.4. The molecule has 0 aliphatic heterocycles. The number of para-hydroxylation sites is 2. The third-order valence-corrected chi connectivity index (χ3v) is 5.66. The van der Waals surface area contributed by atoms with Crippen molar-refractivity contribution < 1.29 is 0 Å². The monoisotopic (exact) mass is 377 g/mol. The second-order valence-corrected chi connectivity index (χ2v) is 7.27. The molecular weight excluding hydrogens is 354 g/mol. The molecule has 0 spiro atoms. The van der Waals surface area contributed by atoms with Crippen molar-refractivity contribution in [3.05, 3.63) is 78.9 Å². The zero-order valence-corrected chi connectivity index (χ0v) is 16.8. The number of nitrogens with zero attached hydrogens (tertiary/aromatic N) is 3. The summed E-state index contributed by atoms with van der Waals surface area (Å²) in [5.74, 6) is 0. The highest BCUT2D eigenvalue weighted by molar-refractivity contribution is 6.12. The molecule has 0 aliphatic carbocycles. The van der Waals surface area contributed by atoms with Crippen LogP contribution in [0, 0.1) is 0 Å². The van der Waals surface area contributed by atoms with Gasteiger partial charge in [0, 0.05) is 24.2 Å². The zero-order chi connectivity index (χ0) is 19.8. The standard InChI is InChI=1S/C26H23N3/c1-3-29(4-2)19-15-13-18(14-16-19)22-17-25-26(21-10-6-5-9-20(21)22)28-24-12-8-7-11-23(24)27-25/h5-17H,3-4H2,1-2H3. The maximum atomic E-state index is 4.93. The molecule has 0 radical (unpaired) electrons. The quantitative estimate of drug-likeness (QED) is 0.266. The van der Waals surface area contributed by atoms with Crippen LogP contribution < -0.4 is 4.90 Å². The van der Waals surface area contributed by atoms with E-state index in [-0.39, 0.29) is 0 Å². The number of aromatic nitrogens is 2. The molecule has 142 valence electrons. The molecule has 3 nitrogen and oxygen atoms in total. The van der Waals surface area contributed by atoms with Crippen molar-refractivity contribution in [2.75, 3.05) is 18.0 Å². The maximum Gasteiger partial charge on any atom is 0.0973 e. The van der Waals surface area contributed by atoms with Crippen LogP contribution in [-0.4, -0.2) is 23.1 Å². The summed E-state index contributed by atoms with van der Waals surface area (Å²) in [6.07, 6.45) is 0. The molecule has 0 aliphatic rings. The summed E-state index contributed by atoms with van der Waals surface area (Å²) in [5.41, 5.74) is 7.42. The van der Waals surface area contributed by atoms with Crippen LogP contribution in [0.15, 0.2) is 78.9 Å². The van der Waals surface area contributed by atoms with Crippen molar-refractivity contribution in [2.24, 2.45) is 0 Å². The maximum absolute atomic E-state index is 4.93. The molecule has 0 N–H and O–H groups in total. The van der Waals surface area contributed by atoms with Crippen LogP contribution in [0.25, 0.3) is 44.0 Å². The number of hydrogen-bond donors (Lipinski definition) is 0. The lowest BCUT2D eigenvalue weighted by molar-refractivity contribution is 0.866. The van der Waals surface area contributed by atoms with E-state index in [1.54, 1.807) is 0 Å². The molecule has 29 heavy (non-hydrogen) atoms. The number of rotatable bonds is 4. The third kappa shape index (κ3) is 2.99. The molecule has 0 fully saturated rings. The van der Waals surface area contributed by atoms with Gasteiger partial charge in [-0.15, -0.1) is 0 Å². The predicted molar refractivity (Wildman–Crippen MR) is 124 cm³/mol. The summed E-state index contributed by atoms with van der Waals surface area (Å²) in [6, 6.07) is 27.6. The minimum atomic E-state index is 0.929. The number of anilines is 1. The number of fused-ring (bicyclic) bond motifs is 4. The molecule has 4 aromatic carbocycles. The van der Waals surface area contributed by atoms with Crippen LogP contribution in [-0.2, 0) is 0 Å². The highest BCUT2D eigenvalue weighted by Gasteiger charge is 2.12. The number of hydrogen-bond acceptors (Lipinski definition) is 3. The van der Waals surface area contributed by atoms with E-state index < -0.39 is 0 Å². The van der Waals surface area contributed by atoms with E-state index in [0.717, 1.165) is 40.5 Å². The van der Waals surface area contributed by atoms with Gasteiger partial charge < -0.3 is 4.90 Å². The first kappa shape index (κ1) is 17.6. The summed E-state index contributed by atoms with van der Waals surface area (Å²) in [5, 5.41) is 2.35. The van der Waals surface area contributed by atoms with Gasteiger partial charge in [0.25, 0.3) is 0 Å². The SMILES string of the molecule is CCN(CC)c1ccc(-c2cc3nc4ccccc4nc3c3ccccc23)cc1. The lowest BCUT2D eigenvalue weighted by Gasteiger charge is -2.21. The Morgan fingerprint density at radius 1 is 0.655 bits per heavy atom. The highest BCUT2D eigenvalue weighted by atomic mass is 15.1. The molecule has 1 heterocycles. The molecule has 0 bridgehead atoms. The van der Waals surface area contributed by atoms with Crippen LogP contribution in [0.3, 0.4) is 0 Å². The van der Waals surface area contributed by atoms with Crippen LogP contribution in [0.2, 0.25) is 0 Å². The second kappa shape index (κ2) is 7.17. The first-order chi connectivity index (χ1) is 14.3. The fourth-order valence-corrected chi connectivity index (χ4v) is 4.13. The highest BCUT2D eigenvalue weighted by Crippen LogP contribution is 2.35. The lowest BCUT2D eigenvalue weighted by Crippen LogP contribution is -2.21. The Kier molecular flexibility index (Phi) is 4.36. The van der Waals surface area contributed by atoms with Gasteiger partial charge in [0.1, 0.15) is 0 Å². The van der Waals surface area contributed by atoms with E-state index in [4.69, 9.17) is 9.97 Å². The van der Waals surface area contributed by atoms with E-state index in [9.17, 15) is 0 Å². The van der Waals surface area contributed by atoms with Gasteiger partial charge in [0.15, 0.2) is 0 Å². The molecular formula is C26H23N3. The van der Waals surface area contributed by atoms with E-state index in [1.165, 1.54) is 22.2 Å². The predicted octanol–water partition coefficient (Wildman–Crippen LogP) is 6.45. The Morgan fingerprint density at radius 3 is 1.97 bits per heavy atom. The fourth-order valence-electron chi connectivity index (χ4n) is 4.13. The average Bonchev–Trinajstić information content (AvgIpc) is 2.79. The Labute approximate surface area is 170 Å². The fraction of sp³-hybridized carbons (Fsp3) is 0.154. The van der Waals surface area contributed by atoms with Crippen LogP contribution >= 0.6 is 0 Å². The van der Waals surface area contributed by atoms with E-state index >= 15 is 0 Å². The minimum Gasteiger partial charge on any atom is -0.372 e. The smallest absolute Gasteiger partial charge is 0.0973 e. The minimum absolute atomic E-state index is 0.929. The van der Waals surface area contributed by atoms with Gasteiger partial charge >= 0.3 is 0 Å². The van der Waals surface area contributed by atoms with Crippen molar-refractivity contribution in [3.63, 3.8) is 0 Å². The van der Waals surface area contributed by atoms with Crippen LogP contribution in [0.4, 0.5) is 5.69 Å². The zero-order valence-electron chi connectivity index (χ0n) is 16.8. The Bertz CT molecular complexity index is 1320. The summed E-state index contributed by atoms with van der Waals surface area (Å²) in [7, 11) is 0. The summed E-state index contributed by atoms with van der Waals surface area (Å²) in [6.45, 7) is 6.41. The largest absolute Gasteiger partial charge is 0.372 e. The van der Waals surface area contributed by atoms with Crippen molar-refractivity contribution in [2.45, 2.75) is 13.8 Å². The second-order valence-electron chi connectivity index (χ2n) is 7.27. The van der Waals surface area contributed by atoms with E-state index in [0.29, 0.717) is 0 Å². The van der Waals surface area contributed by atoms with Crippen molar-refractivity contribution >= 4 is 38.5 Å². The first-order valence-electron chi connectivity index (χ1n) is 10.2. The Hall–Kier alpha value is -3.46. The molecule has 1 aromatic heterocycles. The average molecular weight is 377 g/mol. The van der Waals surface area contributed by atoms with Crippen molar-refractivity contribution in [1.29, 1.82) is 0 Å². The van der Waals surface area contributed by atoms with Crippen molar-refractivity contribution in [1.82, 2.24) is 9.97 Å². The molecule has 3 heteroatoms. The van der Waals surface area contributed by atoms with Gasteiger partial charge in [-0.1, -0.05) is 48.5 Å². The van der Waals surface area contributed by atoms with E-state index in [2.05, 4.69) is 73.3 Å². The first-order valence-corrected chi connectivity index (χ1v) is 10.2. The number of benzene rings is 4. The lowest BCUT2D eigenvalue weighted by atomic mass is 9.96. The van der Waals surface area contributed by atoms with Gasteiger partial charge in [-0.2, -0.15) is 0 Å². The van der Waals surface area contributed by atoms with Crippen LogP contribution in [0.1, 0.15) is 13.8 Å². The van der Waals surface area contributed by atoms with Gasteiger partial charge in [-0.3, -0.25) is 0 Å². The Balaban J connectivity index is 1.75. The van der Waals surface area contributed by atoms with E-state index in [1.807, 2.05) is 24.3 Å². The molecule has 5 aromatic rings.